The van der Waals surface area contributed by atoms with Gasteiger partial charge in [-0.2, -0.15) is 0 Å². The van der Waals surface area contributed by atoms with Crippen molar-refractivity contribution in [1.82, 2.24) is 5.32 Å². The van der Waals surface area contributed by atoms with Crippen molar-refractivity contribution < 1.29 is 4.74 Å². The van der Waals surface area contributed by atoms with Gasteiger partial charge in [0.2, 0.25) is 0 Å². The summed E-state index contributed by atoms with van der Waals surface area (Å²) in [6.45, 7) is 11.6. The number of nitrogens with two attached hydrogens (primary N) is 1. The molecule has 0 bridgehead atoms. The predicted octanol–water partition coefficient (Wildman–Crippen LogP) is 4.24. The Hall–Kier alpha value is -2.42. The number of rotatable bonds is 7. The van der Waals surface area contributed by atoms with Crippen LogP contribution >= 0.6 is 0 Å². The lowest BCUT2D eigenvalue weighted by molar-refractivity contribution is 0.139. The molecule has 3 heteroatoms. The first-order valence-corrected chi connectivity index (χ1v) is 7.39. The third-order valence-corrected chi connectivity index (χ3v) is 3.16. The first kappa shape index (κ1) is 17.6. The minimum absolute atomic E-state index is 0.191. The molecule has 22 heavy (non-hydrogen) atoms. The highest BCUT2D eigenvalue weighted by atomic mass is 16.5. The number of hydrogen-bond acceptors (Lipinski definition) is 3. The minimum atomic E-state index is -0.191. The van der Waals surface area contributed by atoms with Gasteiger partial charge in [-0.3, -0.25) is 0 Å². The number of nitrogens with one attached hydrogen (secondary N) is 1. The summed E-state index contributed by atoms with van der Waals surface area (Å²) in [5, 5.41) is 3.31. The van der Waals surface area contributed by atoms with Gasteiger partial charge < -0.3 is 15.8 Å². The summed E-state index contributed by atoms with van der Waals surface area (Å²) in [4.78, 5) is 0. The lowest BCUT2D eigenvalue weighted by atomic mass is 10.0. The number of allylic oxidation sites excluding steroid dienone is 4. The highest BCUT2D eigenvalue weighted by Gasteiger charge is 2.11. The van der Waals surface area contributed by atoms with Gasteiger partial charge in [0.05, 0.1) is 17.7 Å². The molecule has 1 aromatic rings. The monoisotopic (exact) mass is 298 g/mol. The van der Waals surface area contributed by atoms with Gasteiger partial charge in [0.25, 0.3) is 0 Å². The van der Waals surface area contributed by atoms with Crippen LogP contribution in [-0.2, 0) is 4.74 Å². The van der Waals surface area contributed by atoms with Gasteiger partial charge in [0.15, 0.2) is 6.23 Å². The zero-order valence-electron chi connectivity index (χ0n) is 13.9. The van der Waals surface area contributed by atoms with Gasteiger partial charge in [0.1, 0.15) is 0 Å². The van der Waals surface area contributed by atoms with E-state index in [0.29, 0.717) is 5.70 Å². The maximum absolute atomic E-state index is 6.37. The molecule has 0 aliphatic heterocycles. The number of benzene rings is 1. The highest BCUT2D eigenvalue weighted by Crippen LogP contribution is 2.19. The molecule has 0 aliphatic rings. The molecular formula is C19H26N2O. The van der Waals surface area contributed by atoms with E-state index in [1.165, 1.54) is 5.56 Å². The third kappa shape index (κ3) is 5.17. The van der Waals surface area contributed by atoms with Gasteiger partial charge in [-0.1, -0.05) is 54.6 Å². The summed E-state index contributed by atoms with van der Waals surface area (Å²) < 4.78 is 5.52. The molecule has 3 nitrogen and oxygen atoms in total. The smallest absolute Gasteiger partial charge is 0.166 e. The Morgan fingerprint density at radius 2 is 1.95 bits per heavy atom. The summed E-state index contributed by atoms with van der Waals surface area (Å²) in [5.41, 5.74) is 11.1. The van der Waals surface area contributed by atoms with Crippen LogP contribution in [0.4, 0.5) is 0 Å². The molecule has 0 aromatic heterocycles. The van der Waals surface area contributed by atoms with E-state index < -0.39 is 0 Å². The fraction of sp³-hybridized carbons (Fsp3) is 0.263. The molecule has 0 fully saturated rings. The standard InChI is InChI=1S/C19H26N2O/c1-6-8-15(4)19(21-16(5)22-13-7-2)18(20)17-11-9-14(3)10-12-17/h6-13,16,21H,1,20H2,2-5H3/b13-7-,15-8+,19-18-. The first-order chi connectivity index (χ1) is 10.5. The summed E-state index contributed by atoms with van der Waals surface area (Å²) in [6, 6.07) is 8.13. The molecule has 1 aromatic carbocycles. The zero-order valence-corrected chi connectivity index (χ0v) is 13.9. The summed E-state index contributed by atoms with van der Waals surface area (Å²) in [7, 11) is 0. The van der Waals surface area contributed by atoms with Crippen LogP contribution in [0.15, 0.2) is 66.6 Å². The molecule has 0 radical (unpaired) electrons. The molecule has 0 aliphatic carbocycles. The quantitative estimate of drug-likeness (QED) is 0.449. The van der Waals surface area contributed by atoms with Crippen LogP contribution in [0.1, 0.15) is 31.9 Å². The molecule has 118 valence electrons. The second kappa shape index (κ2) is 8.78. The number of hydrogen-bond donors (Lipinski definition) is 2. The second-order valence-electron chi connectivity index (χ2n) is 5.13. The Morgan fingerprint density at radius 3 is 2.50 bits per heavy atom. The van der Waals surface area contributed by atoms with Crippen molar-refractivity contribution in [2.45, 2.75) is 33.9 Å². The third-order valence-electron chi connectivity index (χ3n) is 3.16. The first-order valence-electron chi connectivity index (χ1n) is 7.39. The van der Waals surface area contributed by atoms with E-state index in [0.717, 1.165) is 16.8 Å². The molecule has 1 atom stereocenters. The van der Waals surface area contributed by atoms with Crippen molar-refractivity contribution in [3.8, 4) is 0 Å². The molecular weight excluding hydrogens is 272 g/mol. The molecule has 0 amide bonds. The van der Waals surface area contributed by atoms with Crippen molar-refractivity contribution in [2.75, 3.05) is 0 Å². The molecule has 3 N–H and O–H groups in total. The van der Waals surface area contributed by atoms with Gasteiger partial charge in [-0.05, 0) is 38.8 Å². The number of ether oxygens (including phenoxy) is 1. The van der Waals surface area contributed by atoms with Crippen LogP contribution in [0.3, 0.4) is 0 Å². The largest absolute Gasteiger partial charge is 0.479 e. The van der Waals surface area contributed by atoms with Crippen LogP contribution in [0.5, 0.6) is 0 Å². The van der Waals surface area contributed by atoms with E-state index in [4.69, 9.17) is 10.5 Å². The van der Waals surface area contributed by atoms with E-state index in [9.17, 15) is 0 Å². The molecule has 1 unspecified atom stereocenters. The van der Waals surface area contributed by atoms with Crippen molar-refractivity contribution in [3.05, 3.63) is 77.7 Å². The van der Waals surface area contributed by atoms with Crippen LogP contribution in [0.2, 0.25) is 0 Å². The fourth-order valence-corrected chi connectivity index (χ4v) is 1.98. The van der Waals surface area contributed by atoms with E-state index in [1.807, 2.05) is 57.2 Å². The van der Waals surface area contributed by atoms with E-state index in [-0.39, 0.29) is 6.23 Å². The van der Waals surface area contributed by atoms with Crippen LogP contribution in [-0.4, -0.2) is 6.23 Å². The molecule has 1 rings (SSSR count). The van der Waals surface area contributed by atoms with Gasteiger partial charge in [-0.15, -0.1) is 0 Å². The van der Waals surface area contributed by atoms with Crippen molar-refractivity contribution in [1.29, 1.82) is 0 Å². The molecule has 0 saturated heterocycles. The Labute approximate surface area is 133 Å². The molecule has 0 spiro atoms. The average molecular weight is 298 g/mol. The van der Waals surface area contributed by atoms with Gasteiger partial charge >= 0.3 is 0 Å². The normalized spacial score (nSPS) is 14.5. The summed E-state index contributed by atoms with van der Waals surface area (Å²) in [6.07, 6.45) is 6.98. The Kier molecular flexibility index (Phi) is 7.03. The second-order valence-corrected chi connectivity index (χ2v) is 5.13. The van der Waals surface area contributed by atoms with Crippen LogP contribution in [0.25, 0.3) is 5.70 Å². The Bertz CT molecular complexity index is 580. The topological polar surface area (TPSA) is 47.3 Å². The fourth-order valence-electron chi connectivity index (χ4n) is 1.98. The lowest BCUT2D eigenvalue weighted by Crippen LogP contribution is -2.29. The number of aryl methyl sites for hydroxylation is 1. The van der Waals surface area contributed by atoms with Crippen molar-refractivity contribution in [3.63, 3.8) is 0 Å². The van der Waals surface area contributed by atoms with Crippen LogP contribution in [0, 0.1) is 6.92 Å². The summed E-state index contributed by atoms with van der Waals surface area (Å²) >= 11 is 0. The maximum atomic E-state index is 6.37. The van der Waals surface area contributed by atoms with Gasteiger partial charge in [-0.25, -0.2) is 0 Å². The summed E-state index contributed by atoms with van der Waals surface area (Å²) in [5.74, 6) is 0. The molecule has 0 heterocycles. The van der Waals surface area contributed by atoms with Crippen LogP contribution < -0.4 is 11.1 Å². The maximum Gasteiger partial charge on any atom is 0.166 e. The molecule has 0 saturated carbocycles. The van der Waals surface area contributed by atoms with Crippen molar-refractivity contribution >= 4 is 5.70 Å². The van der Waals surface area contributed by atoms with E-state index >= 15 is 0 Å². The Morgan fingerprint density at radius 1 is 1.32 bits per heavy atom. The minimum Gasteiger partial charge on any atom is -0.479 e. The Balaban J connectivity index is 3.17. The SMILES string of the molecule is C=C/C=C(C)/C(NC(C)O/C=C\C)=C(/N)c1ccc(C)cc1. The lowest BCUT2D eigenvalue weighted by Gasteiger charge is -2.20. The van der Waals surface area contributed by atoms with Gasteiger partial charge in [0, 0.05) is 0 Å². The predicted molar refractivity (Wildman–Crippen MR) is 94.7 cm³/mol. The highest BCUT2D eigenvalue weighted by molar-refractivity contribution is 5.69. The van der Waals surface area contributed by atoms with E-state index in [2.05, 4.69) is 18.8 Å². The van der Waals surface area contributed by atoms with Crippen molar-refractivity contribution in [2.24, 2.45) is 5.73 Å². The zero-order chi connectivity index (χ0) is 16.5. The average Bonchev–Trinajstić information content (AvgIpc) is 2.50. The van der Waals surface area contributed by atoms with E-state index in [1.54, 1.807) is 12.3 Å².